The van der Waals surface area contributed by atoms with Gasteiger partial charge in [0.2, 0.25) is 0 Å². The quantitative estimate of drug-likeness (QED) is 0.0759. The molecule has 1 saturated heterocycles. The Morgan fingerprint density at radius 1 is 0.882 bits per heavy atom. The molecule has 0 saturated carbocycles. The molecule has 1 aromatic carbocycles. The summed E-state index contributed by atoms with van der Waals surface area (Å²) in [6, 6.07) is 3.32. The van der Waals surface area contributed by atoms with Crippen LogP contribution in [-0.4, -0.2) is 76.6 Å². The first-order valence-corrected chi connectivity index (χ1v) is 19.8. The predicted molar refractivity (Wildman–Crippen MR) is 193 cm³/mol. The number of likely N-dealkylation sites (tertiary alicyclic amines) is 1. The Morgan fingerprint density at radius 3 is 2.10 bits per heavy atom. The van der Waals surface area contributed by atoms with Crippen molar-refractivity contribution in [2.45, 2.75) is 178 Å². The Labute approximate surface area is 304 Å². The number of rotatable bonds is 21. The summed E-state index contributed by atoms with van der Waals surface area (Å²) in [5.41, 5.74) is -0.285. The van der Waals surface area contributed by atoms with Crippen molar-refractivity contribution in [3.8, 4) is 11.5 Å². The van der Waals surface area contributed by atoms with Crippen LogP contribution in [0.2, 0.25) is 0 Å². The van der Waals surface area contributed by atoms with Crippen molar-refractivity contribution >= 4 is 17.9 Å². The molecule has 4 aliphatic rings. The van der Waals surface area contributed by atoms with Gasteiger partial charge in [-0.2, -0.15) is 0 Å². The largest absolute Gasteiger partial charge is 0.504 e. The topological polar surface area (TPSA) is 132 Å². The number of unbranched alkanes of at least 4 members (excludes halogenated alkanes) is 14. The summed E-state index contributed by atoms with van der Waals surface area (Å²) in [5.74, 6) is -1.58. The number of esters is 3. The van der Waals surface area contributed by atoms with Crippen molar-refractivity contribution in [2.24, 2.45) is 0 Å². The highest BCUT2D eigenvalue weighted by molar-refractivity contribution is 5.83. The van der Waals surface area contributed by atoms with Gasteiger partial charge in [-0.3, -0.25) is 4.79 Å². The first kappa shape index (κ1) is 39.1. The van der Waals surface area contributed by atoms with Gasteiger partial charge in [-0.15, -0.1) is 0 Å². The van der Waals surface area contributed by atoms with E-state index in [1.165, 1.54) is 90.9 Å². The molecule has 5 rings (SSSR count). The third-order valence-corrected chi connectivity index (χ3v) is 11.8. The monoisotopic (exact) mass is 711 g/mol. The van der Waals surface area contributed by atoms with Gasteiger partial charge in [0.15, 0.2) is 29.8 Å². The van der Waals surface area contributed by atoms with E-state index in [2.05, 4.69) is 11.8 Å². The number of likely N-dealkylation sites (N-methyl/N-ethyl adjacent to an activating group) is 1. The lowest BCUT2D eigenvalue weighted by molar-refractivity contribution is -0.180. The Kier molecular flexibility index (Phi) is 13.5. The molecule has 10 heteroatoms. The van der Waals surface area contributed by atoms with Gasteiger partial charge in [-0.25, -0.2) is 9.59 Å². The molecule has 2 aliphatic carbocycles. The van der Waals surface area contributed by atoms with Crippen LogP contribution in [-0.2, 0) is 40.4 Å². The van der Waals surface area contributed by atoms with Gasteiger partial charge in [0, 0.05) is 24.4 Å². The van der Waals surface area contributed by atoms with E-state index in [1.807, 2.05) is 13.1 Å². The van der Waals surface area contributed by atoms with Crippen LogP contribution in [0.3, 0.4) is 0 Å². The van der Waals surface area contributed by atoms with Gasteiger partial charge in [0.1, 0.15) is 5.76 Å². The molecule has 2 N–H and O–H groups in total. The van der Waals surface area contributed by atoms with Gasteiger partial charge in [0.25, 0.3) is 0 Å². The summed E-state index contributed by atoms with van der Waals surface area (Å²) >= 11 is 0. The lowest BCUT2D eigenvalue weighted by Gasteiger charge is -2.61. The van der Waals surface area contributed by atoms with Gasteiger partial charge in [-0.05, 0) is 64.4 Å². The van der Waals surface area contributed by atoms with E-state index in [0.717, 1.165) is 24.0 Å². The molecule has 2 aliphatic heterocycles. The summed E-state index contributed by atoms with van der Waals surface area (Å²) < 4.78 is 22.8. The zero-order chi connectivity index (χ0) is 36.6. The zero-order valence-corrected chi connectivity index (χ0v) is 31.4. The van der Waals surface area contributed by atoms with E-state index in [4.69, 9.17) is 18.9 Å². The van der Waals surface area contributed by atoms with Crippen molar-refractivity contribution in [1.29, 1.82) is 0 Å². The van der Waals surface area contributed by atoms with Gasteiger partial charge < -0.3 is 34.1 Å². The number of carbonyl (C=O) groups is 3. The highest BCUT2D eigenvalue weighted by Gasteiger charge is 2.72. The van der Waals surface area contributed by atoms with E-state index in [9.17, 15) is 24.6 Å². The molecule has 51 heavy (non-hydrogen) atoms. The molecular weight excluding hydrogens is 650 g/mol. The summed E-state index contributed by atoms with van der Waals surface area (Å²) in [6.07, 6.45) is 18.6. The summed E-state index contributed by atoms with van der Waals surface area (Å²) in [4.78, 5) is 40.6. The number of carbonyl (C=O) groups excluding carboxylic acids is 3. The molecule has 284 valence electrons. The minimum atomic E-state index is -1.28. The van der Waals surface area contributed by atoms with Gasteiger partial charge in [0.05, 0.1) is 11.0 Å². The Morgan fingerprint density at radius 2 is 1.47 bits per heavy atom. The Bertz CT molecular complexity index is 1410. The van der Waals surface area contributed by atoms with Crippen LogP contribution >= 0.6 is 0 Å². The van der Waals surface area contributed by atoms with Crippen LogP contribution in [0.25, 0.3) is 0 Å². The number of benzene rings is 1. The maximum absolute atomic E-state index is 13.2. The fraction of sp³-hybridized carbons (Fsp3) is 0.732. The standard InChI is InChI=1S/C41H61NO9/c1-5-6-7-8-9-10-11-12-13-14-15-16-17-18-19-20-34(44)48-28(2)38(45)49-29(3)39(46)50-32-23-24-41(47)33-27-30-21-22-31(43)36-35(30)40(41,37(32)51-36)25-26-42(33)4/h21-23,28-29,33,37,43,47H,5-20,24-27H2,1-4H3/t28-,29-,33-,37-,40-,41+/m0/s1. The number of phenolic OH excluding ortho intramolecular Hbond substituents is 1. The zero-order valence-electron chi connectivity index (χ0n) is 31.4. The number of aliphatic hydroxyl groups is 1. The lowest BCUT2D eigenvalue weighted by Crippen LogP contribution is -2.74. The fourth-order valence-corrected chi connectivity index (χ4v) is 8.90. The lowest BCUT2D eigenvalue weighted by atomic mass is 9.50. The molecule has 0 aromatic heterocycles. The van der Waals surface area contributed by atoms with Crippen LogP contribution < -0.4 is 4.74 Å². The second kappa shape index (κ2) is 17.6. The minimum Gasteiger partial charge on any atom is -0.504 e. The van der Waals surface area contributed by atoms with E-state index >= 15 is 0 Å². The second-order valence-corrected chi connectivity index (χ2v) is 15.4. The van der Waals surface area contributed by atoms with Crippen molar-refractivity contribution < 1.29 is 43.5 Å². The molecule has 0 radical (unpaired) electrons. The van der Waals surface area contributed by atoms with Crippen LogP contribution in [0, 0.1) is 0 Å². The number of piperidine rings is 1. The molecule has 0 unspecified atom stereocenters. The van der Waals surface area contributed by atoms with Crippen LogP contribution in [0.5, 0.6) is 11.5 Å². The van der Waals surface area contributed by atoms with E-state index in [-0.39, 0.29) is 30.4 Å². The number of hydrogen-bond donors (Lipinski definition) is 2. The van der Waals surface area contributed by atoms with E-state index in [0.29, 0.717) is 31.6 Å². The molecule has 1 spiro atoms. The molecule has 6 atom stereocenters. The van der Waals surface area contributed by atoms with Crippen molar-refractivity contribution in [3.05, 3.63) is 35.1 Å². The van der Waals surface area contributed by atoms with Crippen molar-refractivity contribution in [3.63, 3.8) is 0 Å². The molecule has 1 fully saturated rings. The maximum Gasteiger partial charge on any atom is 0.352 e. The molecule has 0 amide bonds. The fourth-order valence-electron chi connectivity index (χ4n) is 8.90. The van der Waals surface area contributed by atoms with Crippen molar-refractivity contribution in [2.75, 3.05) is 13.6 Å². The second-order valence-electron chi connectivity index (χ2n) is 15.4. The van der Waals surface area contributed by atoms with Crippen LogP contribution in [0.4, 0.5) is 0 Å². The number of nitrogens with zero attached hydrogens (tertiary/aromatic N) is 1. The van der Waals surface area contributed by atoms with Crippen molar-refractivity contribution in [1.82, 2.24) is 4.90 Å². The van der Waals surface area contributed by atoms with Crippen LogP contribution in [0.1, 0.15) is 147 Å². The highest BCUT2D eigenvalue weighted by atomic mass is 16.6. The molecule has 2 heterocycles. The van der Waals surface area contributed by atoms with E-state index in [1.54, 1.807) is 12.1 Å². The number of phenols is 1. The minimum absolute atomic E-state index is 0.0200. The third-order valence-electron chi connectivity index (χ3n) is 11.8. The SMILES string of the molecule is CCCCCCCCCCCCCCCCCC(=O)O[C@@H](C)C(=O)O[C@@H](C)C(=O)OC1=CC[C@@]2(O)[C@@H]3Cc4ccc(O)c5c4[C@@]2(CCN3C)[C@H]1O5. The molecular formula is C41H61NO9. The van der Waals surface area contributed by atoms with Gasteiger partial charge in [-0.1, -0.05) is 103 Å². The number of hydrogen-bond acceptors (Lipinski definition) is 10. The average Bonchev–Trinajstić information content (AvgIpc) is 3.46. The first-order chi connectivity index (χ1) is 24.5. The highest BCUT2D eigenvalue weighted by Crippen LogP contribution is 2.65. The smallest absolute Gasteiger partial charge is 0.352 e. The summed E-state index contributed by atoms with van der Waals surface area (Å²) in [6.45, 7) is 5.79. The molecule has 2 bridgehead atoms. The Balaban J connectivity index is 1.00. The van der Waals surface area contributed by atoms with E-state index < -0.39 is 47.2 Å². The van der Waals surface area contributed by atoms with Gasteiger partial charge >= 0.3 is 17.9 Å². The maximum atomic E-state index is 13.2. The summed E-state index contributed by atoms with van der Waals surface area (Å²) in [7, 11) is 2.00. The third kappa shape index (κ3) is 8.43. The predicted octanol–water partition coefficient (Wildman–Crippen LogP) is 7.34. The molecule has 1 aromatic rings. The number of aromatic hydroxyl groups is 1. The average molecular weight is 712 g/mol. The first-order valence-electron chi connectivity index (χ1n) is 19.8. The van der Waals surface area contributed by atoms with Crippen LogP contribution in [0.15, 0.2) is 24.0 Å². The summed E-state index contributed by atoms with van der Waals surface area (Å²) in [5, 5.41) is 23.0. The molecule has 10 nitrogen and oxygen atoms in total. The normalized spacial score (nSPS) is 25.6. The Hall–Kier alpha value is -3.11. The number of ether oxygens (including phenoxy) is 4.